The molecular formula is C18H15F2N3O. The fourth-order valence-corrected chi connectivity index (χ4v) is 2.12. The van der Waals surface area contributed by atoms with Crippen molar-refractivity contribution in [1.82, 2.24) is 9.97 Å². The Morgan fingerprint density at radius 2 is 1.75 bits per heavy atom. The highest BCUT2D eigenvalue weighted by Gasteiger charge is 2.04. The molecule has 1 heterocycles. The monoisotopic (exact) mass is 327 g/mol. The zero-order chi connectivity index (χ0) is 16.8. The van der Waals surface area contributed by atoms with E-state index in [9.17, 15) is 8.78 Å². The van der Waals surface area contributed by atoms with Crippen molar-refractivity contribution < 1.29 is 13.5 Å². The van der Waals surface area contributed by atoms with E-state index in [4.69, 9.17) is 4.74 Å². The number of halogens is 2. The predicted octanol–water partition coefficient (Wildman–Crippen LogP) is 4.20. The van der Waals surface area contributed by atoms with Gasteiger partial charge in [-0.25, -0.2) is 13.8 Å². The van der Waals surface area contributed by atoms with Gasteiger partial charge >= 0.3 is 0 Å². The van der Waals surface area contributed by atoms with Crippen molar-refractivity contribution in [1.29, 1.82) is 0 Å². The van der Waals surface area contributed by atoms with E-state index < -0.39 is 0 Å². The SMILES string of the molecule is Fc1ccc(Oc2ccnc(NCCc3ccccc3F)n2)cc1. The molecule has 3 aromatic rings. The average Bonchev–Trinajstić information content (AvgIpc) is 2.59. The van der Waals surface area contributed by atoms with Crippen molar-refractivity contribution in [2.45, 2.75) is 6.42 Å². The third kappa shape index (κ3) is 4.25. The Hall–Kier alpha value is -3.02. The first-order valence-corrected chi connectivity index (χ1v) is 7.44. The molecular weight excluding hydrogens is 312 g/mol. The summed E-state index contributed by atoms with van der Waals surface area (Å²) in [6.07, 6.45) is 2.07. The molecule has 3 rings (SSSR count). The van der Waals surface area contributed by atoms with Gasteiger partial charge in [-0.15, -0.1) is 0 Å². The summed E-state index contributed by atoms with van der Waals surface area (Å²) >= 11 is 0. The number of hydrogen-bond donors (Lipinski definition) is 1. The van der Waals surface area contributed by atoms with Gasteiger partial charge in [-0.3, -0.25) is 0 Å². The lowest BCUT2D eigenvalue weighted by atomic mass is 10.1. The van der Waals surface area contributed by atoms with Crippen molar-refractivity contribution in [2.75, 3.05) is 11.9 Å². The number of rotatable bonds is 6. The minimum Gasteiger partial charge on any atom is -0.439 e. The second-order valence-electron chi connectivity index (χ2n) is 5.04. The van der Waals surface area contributed by atoms with Gasteiger partial charge < -0.3 is 10.1 Å². The van der Waals surface area contributed by atoms with Crippen LogP contribution in [0.5, 0.6) is 11.6 Å². The van der Waals surface area contributed by atoms with Crippen molar-refractivity contribution in [3.05, 3.63) is 78.0 Å². The predicted molar refractivity (Wildman–Crippen MR) is 87.1 cm³/mol. The minimum atomic E-state index is -0.333. The summed E-state index contributed by atoms with van der Waals surface area (Å²) in [6, 6.07) is 13.9. The maximum atomic E-state index is 13.5. The van der Waals surface area contributed by atoms with Crippen LogP contribution in [0.4, 0.5) is 14.7 Å². The number of aromatic nitrogens is 2. The summed E-state index contributed by atoms with van der Waals surface area (Å²) in [6.45, 7) is 0.487. The lowest BCUT2D eigenvalue weighted by molar-refractivity contribution is 0.460. The first kappa shape index (κ1) is 15.9. The van der Waals surface area contributed by atoms with Gasteiger partial charge in [-0.05, 0) is 42.3 Å². The maximum Gasteiger partial charge on any atom is 0.225 e. The molecule has 0 amide bonds. The molecule has 6 heteroatoms. The molecule has 4 nitrogen and oxygen atoms in total. The Balaban J connectivity index is 1.59. The summed E-state index contributed by atoms with van der Waals surface area (Å²) in [5, 5.41) is 3.03. The van der Waals surface area contributed by atoms with Crippen LogP contribution in [0.25, 0.3) is 0 Å². The van der Waals surface area contributed by atoms with Crippen LogP contribution >= 0.6 is 0 Å². The normalized spacial score (nSPS) is 10.4. The fourth-order valence-electron chi connectivity index (χ4n) is 2.12. The van der Waals surface area contributed by atoms with Crippen LogP contribution in [0.1, 0.15) is 5.56 Å². The van der Waals surface area contributed by atoms with Crippen molar-refractivity contribution in [3.8, 4) is 11.6 Å². The lowest BCUT2D eigenvalue weighted by Crippen LogP contribution is -2.09. The van der Waals surface area contributed by atoms with E-state index in [2.05, 4.69) is 15.3 Å². The smallest absolute Gasteiger partial charge is 0.225 e. The molecule has 2 aromatic carbocycles. The van der Waals surface area contributed by atoms with E-state index in [-0.39, 0.29) is 11.6 Å². The molecule has 122 valence electrons. The molecule has 1 N–H and O–H groups in total. The number of anilines is 1. The molecule has 24 heavy (non-hydrogen) atoms. The molecule has 0 fully saturated rings. The molecule has 0 aliphatic rings. The zero-order valence-corrected chi connectivity index (χ0v) is 12.7. The van der Waals surface area contributed by atoms with Crippen molar-refractivity contribution >= 4 is 5.95 Å². The van der Waals surface area contributed by atoms with Gasteiger partial charge in [0.25, 0.3) is 0 Å². The van der Waals surface area contributed by atoms with Crippen LogP contribution in [0.15, 0.2) is 60.8 Å². The van der Waals surface area contributed by atoms with Crippen molar-refractivity contribution in [3.63, 3.8) is 0 Å². The summed E-state index contributed by atoms with van der Waals surface area (Å²) in [5.74, 6) is 0.637. The number of hydrogen-bond acceptors (Lipinski definition) is 4. The summed E-state index contributed by atoms with van der Waals surface area (Å²) in [5.41, 5.74) is 0.628. The second kappa shape index (κ2) is 7.50. The van der Waals surface area contributed by atoms with Gasteiger partial charge in [0.2, 0.25) is 11.8 Å². The van der Waals surface area contributed by atoms with Gasteiger partial charge in [0.15, 0.2) is 0 Å². The second-order valence-corrected chi connectivity index (χ2v) is 5.04. The summed E-state index contributed by atoms with van der Waals surface area (Å²) < 4.78 is 32.0. The molecule has 1 aromatic heterocycles. The molecule has 0 aliphatic carbocycles. The standard InChI is InChI=1S/C18H15F2N3O/c19-14-5-7-15(8-6-14)24-17-10-12-22-18(23-17)21-11-9-13-3-1-2-4-16(13)20/h1-8,10,12H,9,11H2,(H,21,22,23). The van der Waals surface area contributed by atoms with E-state index in [1.807, 2.05) is 0 Å². The molecule has 0 atom stereocenters. The highest BCUT2D eigenvalue weighted by Crippen LogP contribution is 2.20. The summed E-state index contributed by atoms with van der Waals surface area (Å²) in [4.78, 5) is 8.30. The highest BCUT2D eigenvalue weighted by molar-refractivity contribution is 5.32. The van der Waals surface area contributed by atoms with Gasteiger partial charge in [-0.1, -0.05) is 18.2 Å². The first-order chi connectivity index (χ1) is 11.7. The zero-order valence-electron chi connectivity index (χ0n) is 12.7. The minimum absolute atomic E-state index is 0.228. The van der Waals surface area contributed by atoms with Crippen LogP contribution in [0.2, 0.25) is 0 Å². The van der Waals surface area contributed by atoms with Crippen LogP contribution in [0.3, 0.4) is 0 Å². The lowest BCUT2D eigenvalue weighted by Gasteiger charge is -2.08. The third-order valence-corrected chi connectivity index (χ3v) is 3.30. The Bertz CT molecular complexity index is 809. The van der Waals surface area contributed by atoms with Crippen LogP contribution in [-0.2, 0) is 6.42 Å². The number of benzene rings is 2. The Labute approximate surface area is 138 Å². The average molecular weight is 327 g/mol. The molecule has 0 spiro atoms. The van der Waals surface area contributed by atoms with Gasteiger partial charge in [0.05, 0.1) is 0 Å². The van der Waals surface area contributed by atoms with Gasteiger partial charge in [-0.2, -0.15) is 4.98 Å². The Morgan fingerprint density at radius 3 is 2.54 bits per heavy atom. The maximum absolute atomic E-state index is 13.5. The Morgan fingerprint density at radius 1 is 0.958 bits per heavy atom. The fraction of sp³-hybridized carbons (Fsp3) is 0.111. The number of nitrogens with zero attached hydrogens (tertiary/aromatic N) is 2. The largest absolute Gasteiger partial charge is 0.439 e. The van der Waals surface area contributed by atoms with Crippen LogP contribution in [0, 0.1) is 11.6 Å². The first-order valence-electron chi connectivity index (χ1n) is 7.44. The molecule has 0 saturated heterocycles. The molecule has 0 saturated carbocycles. The quantitative estimate of drug-likeness (QED) is 0.737. The summed E-state index contributed by atoms with van der Waals surface area (Å²) in [7, 11) is 0. The highest BCUT2D eigenvalue weighted by atomic mass is 19.1. The molecule has 0 radical (unpaired) electrons. The van der Waals surface area contributed by atoms with Crippen LogP contribution < -0.4 is 10.1 Å². The molecule has 0 unspecified atom stereocenters. The van der Waals surface area contributed by atoms with Gasteiger partial charge in [0.1, 0.15) is 17.4 Å². The third-order valence-electron chi connectivity index (χ3n) is 3.30. The topological polar surface area (TPSA) is 47.0 Å². The van der Waals surface area contributed by atoms with Crippen molar-refractivity contribution in [2.24, 2.45) is 0 Å². The molecule has 0 bridgehead atoms. The van der Waals surface area contributed by atoms with Gasteiger partial charge in [0, 0.05) is 18.8 Å². The van der Waals surface area contributed by atoms with E-state index in [1.54, 1.807) is 30.5 Å². The van der Waals surface area contributed by atoms with E-state index in [0.717, 1.165) is 0 Å². The van der Waals surface area contributed by atoms with E-state index in [1.165, 1.54) is 30.3 Å². The molecule has 0 aliphatic heterocycles. The number of nitrogens with one attached hydrogen (secondary N) is 1. The van der Waals surface area contributed by atoms with Crippen LogP contribution in [-0.4, -0.2) is 16.5 Å². The number of ether oxygens (including phenoxy) is 1. The Kier molecular flexibility index (Phi) is 4.96. The van der Waals surface area contributed by atoms with E-state index in [0.29, 0.717) is 36.1 Å². The van der Waals surface area contributed by atoms with E-state index >= 15 is 0 Å².